The molecule has 7 nitrogen and oxygen atoms in total. The number of carboxylic acids is 1. The molecule has 2 aliphatic rings. The number of aliphatic carboxylic acids is 1. The van der Waals surface area contributed by atoms with E-state index in [0.717, 1.165) is 11.1 Å². The number of likely N-dealkylation sites (tertiary alicyclic amines) is 1. The molecule has 2 amide bonds. The lowest BCUT2D eigenvalue weighted by molar-refractivity contribution is -0.310. The minimum Gasteiger partial charge on any atom is -0.548 e. The highest BCUT2D eigenvalue weighted by Gasteiger charge is 2.52. The maximum absolute atomic E-state index is 13.3. The summed E-state index contributed by atoms with van der Waals surface area (Å²) in [6.07, 6.45) is 0.678. The van der Waals surface area contributed by atoms with Gasteiger partial charge in [-0.15, -0.1) is 0 Å². The molecule has 0 N–H and O–H groups in total. The lowest BCUT2D eigenvalue weighted by Gasteiger charge is -2.45. The second kappa shape index (κ2) is 8.15. The fraction of sp³-hybridized carbons (Fsp3) is 0.375. The molecule has 2 aliphatic heterocycles. The van der Waals surface area contributed by atoms with Crippen LogP contribution in [0.5, 0.6) is 0 Å². The van der Waals surface area contributed by atoms with Crippen molar-refractivity contribution in [3.63, 3.8) is 0 Å². The fourth-order valence-corrected chi connectivity index (χ4v) is 4.48. The quantitative estimate of drug-likeness (QED) is 0.750. The number of carbonyl (C=O) groups is 3. The third-order valence-electron chi connectivity index (χ3n) is 6.11. The van der Waals surface area contributed by atoms with E-state index in [1.165, 1.54) is 4.90 Å². The van der Waals surface area contributed by atoms with Crippen LogP contribution < -0.4 is 5.11 Å². The molecule has 1 atom stereocenters. The van der Waals surface area contributed by atoms with Gasteiger partial charge in [-0.1, -0.05) is 35.4 Å². The zero-order chi connectivity index (χ0) is 22.2. The second-order valence-corrected chi connectivity index (χ2v) is 8.30. The number of aryl methyl sites for hydroxylation is 2. The second-order valence-electron chi connectivity index (χ2n) is 8.30. The van der Waals surface area contributed by atoms with Crippen molar-refractivity contribution < 1.29 is 24.2 Å². The minimum atomic E-state index is -1.34. The molecule has 0 saturated carbocycles. The Bertz CT molecular complexity index is 1030. The Kier molecular flexibility index (Phi) is 5.54. The van der Waals surface area contributed by atoms with E-state index in [2.05, 4.69) is 0 Å². The fourth-order valence-electron chi connectivity index (χ4n) is 4.48. The van der Waals surface area contributed by atoms with Crippen LogP contribution in [0.4, 0.5) is 0 Å². The highest BCUT2D eigenvalue weighted by molar-refractivity contribution is 5.97. The van der Waals surface area contributed by atoms with Gasteiger partial charge in [0.25, 0.3) is 11.8 Å². The number of ether oxygens (including phenoxy) is 1. The molecule has 0 aromatic heterocycles. The molecule has 4 rings (SSSR count). The number of hydrogen-bond acceptors (Lipinski definition) is 5. The van der Waals surface area contributed by atoms with Gasteiger partial charge in [-0.05, 0) is 38.1 Å². The Hall–Kier alpha value is -3.19. The topological polar surface area (TPSA) is 90.0 Å². The highest BCUT2D eigenvalue weighted by atomic mass is 16.5. The van der Waals surface area contributed by atoms with Gasteiger partial charge < -0.3 is 19.5 Å². The number of piperidine rings is 1. The van der Waals surface area contributed by atoms with Gasteiger partial charge in [-0.3, -0.25) is 14.5 Å². The largest absolute Gasteiger partial charge is 0.548 e. The summed E-state index contributed by atoms with van der Waals surface area (Å²) in [5, 5.41) is 11.8. The van der Waals surface area contributed by atoms with Gasteiger partial charge in [0, 0.05) is 37.1 Å². The van der Waals surface area contributed by atoms with Gasteiger partial charge in [-0.2, -0.15) is 0 Å². The number of nitrogens with zero attached hydrogens (tertiary/aromatic N) is 2. The number of rotatable bonds is 3. The van der Waals surface area contributed by atoms with Crippen LogP contribution in [0.2, 0.25) is 0 Å². The summed E-state index contributed by atoms with van der Waals surface area (Å²) >= 11 is 0. The van der Waals surface area contributed by atoms with Crippen molar-refractivity contribution in [3.05, 3.63) is 70.8 Å². The summed E-state index contributed by atoms with van der Waals surface area (Å²) in [5.74, 6) is -1.81. The molecule has 2 saturated heterocycles. The molecule has 162 valence electrons. The predicted molar refractivity (Wildman–Crippen MR) is 111 cm³/mol. The van der Waals surface area contributed by atoms with Crippen LogP contribution in [0.15, 0.2) is 48.5 Å². The molecular formula is C24H25N2O5-. The van der Waals surface area contributed by atoms with E-state index in [9.17, 15) is 19.5 Å². The summed E-state index contributed by atoms with van der Waals surface area (Å²) in [5.41, 5.74) is 1.88. The number of hydrogen-bond donors (Lipinski definition) is 0. The van der Waals surface area contributed by atoms with E-state index in [-0.39, 0.29) is 12.5 Å². The first kappa shape index (κ1) is 21.1. The molecule has 2 aromatic carbocycles. The monoisotopic (exact) mass is 421 g/mol. The lowest BCUT2D eigenvalue weighted by Crippen LogP contribution is -2.60. The van der Waals surface area contributed by atoms with Crippen LogP contribution in [0.1, 0.15) is 44.7 Å². The zero-order valence-electron chi connectivity index (χ0n) is 17.7. The van der Waals surface area contributed by atoms with Gasteiger partial charge in [0.2, 0.25) is 0 Å². The zero-order valence-corrected chi connectivity index (χ0v) is 17.7. The van der Waals surface area contributed by atoms with Crippen LogP contribution in [0, 0.1) is 13.8 Å². The molecule has 0 aliphatic carbocycles. The van der Waals surface area contributed by atoms with Crippen molar-refractivity contribution in [1.82, 2.24) is 9.80 Å². The van der Waals surface area contributed by atoms with Crippen molar-refractivity contribution in [2.24, 2.45) is 0 Å². The lowest BCUT2D eigenvalue weighted by atomic mass is 9.96. The maximum atomic E-state index is 13.3. The summed E-state index contributed by atoms with van der Waals surface area (Å²) in [7, 11) is 0. The summed E-state index contributed by atoms with van der Waals surface area (Å²) in [6, 6.07) is 13.3. The van der Waals surface area contributed by atoms with E-state index in [1.807, 2.05) is 38.1 Å². The smallest absolute Gasteiger partial charge is 0.256 e. The van der Waals surface area contributed by atoms with Crippen LogP contribution in [0.25, 0.3) is 0 Å². The normalized spacial score (nSPS) is 20.1. The molecule has 31 heavy (non-hydrogen) atoms. The molecule has 0 unspecified atom stereocenters. The average Bonchev–Trinajstić information content (AvgIpc) is 3.12. The van der Waals surface area contributed by atoms with Crippen LogP contribution in [-0.2, 0) is 9.53 Å². The van der Waals surface area contributed by atoms with Crippen molar-refractivity contribution in [2.45, 2.75) is 38.5 Å². The summed E-state index contributed by atoms with van der Waals surface area (Å²) in [6.45, 7) is 4.42. The molecule has 2 heterocycles. The van der Waals surface area contributed by atoms with E-state index < -0.39 is 23.6 Å². The first-order valence-electron chi connectivity index (χ1n) is 10.4. The van der Waals surface area contributed by atoms with Crippen LogP contribution in [0.3, 0.4) is 0 Å². The Balaban J connectivity index is 1.57. The Labute approximate surface area is 181 Å². The van der Waals surface area contributed by atoms with E-state index in [4.69, 9.17) is 4.74 Å². The van der Waals surface area contributed by atoms with E-state index in [1.54, 1.807) is 29.2 Å². The summed E-state index contributed by atoms with van der Waals surface area (Å²) in [4.78, 5) is 41.1. The van der Waals surface area contributed by atoms with Crippen molar-refractivity contribution in [2.75, 3.05) is 19.7 Å². The van der Waals surface area contributed by atoms with Crippen LogP contribution >= 0.6 is 0 Å². The predicted octanol–water partition coefficient (Wildman–Crippen LogP) is 1.53. The molecule has 0 bridgehead atoms. The van der Waals surface area contributed by atoms with Gasteiger partial charge in [0.1, 0.15) is 5.72 Å². The van der Waals surface area contributed by atoms with Gasteiger partial charge in [-0.25, -0.2) is 0 Å². The Morgan fingerprint density at radius 3 is 2.00 bits per heavy atom. The minimum absolute atomic E-state index is 0.0791. The molecule has 1 spiro atoms. The number of carbonyl (C=O) groups excluding carboxylic acids is 3. The Morgan fingerprint density at radius 2 is 1.48 bits per heavy atom. The molecule has 7 heteroatoms. The van der Waals surface area contributed by atoms with Gasteiger partial charge in [0.15, 0.2) is 0 Å². The van der Waals surface area contributed by atoms with Crippen molar-refractivity contribution in [1.29, 1.82) is 0 Å². The van der Waals surface area contributed by atoms with Crippen molar-refractivity contribution >= 4 is 17.8 Å². The van der Waals surface area contributed by atoms with E-state index >= 15 is 0 Å². The van der Waals surface area contributed by atoms with Crippen LogP contribution in [-0.4, -0.2) is 59.0 Å². The first-order chi connectivity index (χ1) is 14.8. The molecule has 0 radical (unpaired) electrons. The standard InChI is InChI=1S/C24H26N2O5/c1-16-5-3-7-18(13-16)21(27)25-11-9-24(10-12-25)26(20(15-31-24)23(29)30)22(28)19-8-4-6-17(2)14-19/h3-8,13-14,20H,9-12,15H2,1-2H3,(H,29,30)/p-1/t20-/m0/s1. The molecular weight excluding hydrogens is 396 g/mol. The molecule has 2 aromatic rings. The number of carboxylic acid groups (broad SMARTS) is 1. The summed E-state index contributed by atoms with van der Waals surface area (Å²) < 4.78 is 5.94. The SMILES string of the molecule is Cc1cccc(C(=O)N2CCC3(CC2)OC[C@@H](C(=O)[O-])N3C(=O)c2cccc(C)c2)c1. The van der Waals surface area contributed by atoms with Crippen molar-refractivity contribution in [3.8, 4) is 0 Å². The van der Waals surface area contributed by atoms with E-state index in [0.29, 0.717) is 37.1 Å². The third kappa shape index (κ3) is 3.93. The average molecular weight is 421 g/mol. The number of amides is 2. The van der Waals surface area contributed by atoms with Gasteiger partial charge in [0.05, 0.1) is 18.6 Å². The highest BCUT2D eigenvalue weighted by Crippen LogP contribution is 2.38. The number of benzene rings is 2. The van der Waals surface area contributed by atoms with Gasteiger partial charge >= 0.3 is 0 Å². The maximum Gasteiger partial charge on any atom is 0.256 e. The third-order valence-corrected chi connectivity index (χ3v) is 6.11. The Morgan fingerprint density at radius 1 is 0.935 bits per heavy atom. The first-order valence-corrected chi connectivity index (χ1v) is 10.4. The molecule has 2 fully saturated rings.